The van der Waals surface area contributed by atoms with E-state index in [4.69, 9.17) is 0 Å². The second kappa shape index (κ2) is 7.72. The van der Waals surface area contributed by atoms with Crippen molar-refractivity contribution in [2.45, 2.75) is 60.7 Å². The summed E-state index contributed by atoms with van der Waals surface area (Å²) in [4.78, 5) is 13.0. The van der Waals surface area contributed by atoms with Crippen LogP contribution in [-0.2, 0) is 4.79 Å². The number of hydrogen-bond acceptors (Lipinski definition) is 3. The minimum atomic E-state index is 0.243. The zero-order valence-corrected chi connectivity index (χ0v) is 18.1. The maximum atomic E-state index is 13.0. The van der Waals surface area contributed by atoms with Gasteiger partial charge >= 0.3 is 0 Å². The number of thioether (sulfide) groups is 1. The quantitative estimate of drug-likeness (QED) is 0.731. The Morgan fingerprint density at radius 2 is 1.53 bits per heavy atom. The van der Waals surface area contributed by atoms with Crippen LogP contribution >= 0.6 is 11.8 Å². The van der Waals surface area contributed by atoms with Gasteiger partial charge in [0.25, 0.3) is 0 Å². The summed E-state index contributed by atoms with van der Waals surface area (Å²) in [5, 5.41) is 8.49. The third-order valence-electron chi connectivity index (χ3n) is 8.06. The van der Waals surface area contributed by atoms with Gasteiger partial charge in [0, 0.05) is 29.2 Å². The maximum absolute atomic E-state index is 13.0. The van der Waals surface area contributed by atoms with Crippen LogP contribution < -0.4 is 10.6 Å². The van der Waals surface area contributed by atoms with Crippen molar-refractivity contribution in [3.63, 3.8) is 0 Å². The number of fused-ring (bicyclic) bond motifs is 5. The predicted molar refractivity (Wildman–Crippen MR) is 122 cm³/mol. The van der Waals surface area contributed by atoms with Gasteiger partial charge in [0.05, 0.1) is 5.37 Å². The van der Waals surface area contributed by atoms with Crippen LogP contribution in [0.25, 0.3) is 0 Å². The highest BCUT2D eigenvalue weighted by Crippen LogP contribution is 2.56. The minimum absolute atomic E-state index is 0.243. The molecule has 156 valence electrons. The number of rotatable bonds is 2. The van der Waals surface area contributed by atoms with Crippen molar-refractivity contribution in [2.75, 3.05) is 0 Å². The summed E-state index contributed by atoms with van der Waals surface area (Å²) in [6.45, 7) is 0. The Balaban J connectivity index is 1.37. The second-order valence-corrected chi connectivity index (χ2v) is 10.9. The van der Waals surface area contributed by atoms with Crippen LogP contribution in [0.2, 0.25) is 0 Å². The Bertz CT molecular complexity index is 904. The summed E-state index contributed by atoms with van der Waals surface area (Å²) in [5.41, 5.74) is 2.81. The molecule has 3 heterocycles. The smallest absolute Gasteiger partial charge is 0.223 e. The van der Waals surface area contributed by atoms with E-state index in [0.29, 0.717) is 46.4 Å². The molecule has 4 aliphatic rings. The van der Waals surface area contributed by atoms with Gasteiger partial charge in [-0.05, 0) is 42.2 Å². The molecule has 3 saturated heterocycles. The first-order valence-corrected chi connectivity index (χ1v) is 12.6. The topological polar surface area (TPSA) is 41.1 Å². The van der Waals surface area contributed by atoms with Crippen molar-refractivity contribution in [1.82, 2.24) is 10.6 Å². The zero-order valence-electron chi connectivity index (χ0n) is 17.2. The number of hydrogen-bond donors (Lipinski definition) is 2. The monoisotopic (exact) mass is 418 g/mol. The lowest BCUT2D eigenvalue weighted by molar-refractivity contribution is -0.132. The van der Waals surface area contributed by atoms with E-state index in [2.05, 4.69) is 83.1 Å². The van der Waals surface area contributed by atoms with Crippen molar-refractivity contribution in [1.29, 1.82) is 0 Å². The summed E-state index contributed by atoms with van der Waals surface area (Å²) in [5.74, 6) is 2.05. The summed E-state index contributed by atoms with van der Waals surface area (Å²) >= 11 is 2.14. The standard InChI is InChI=1S/C26H30N2OS/c29-25-19-14-8-7-13-18(19)24-23(28-25)22-20(16-9-3-1-4-10-16)15-21(27-26(22)30-24)17-11-5-2-6-12-17/h1-6,9-12,18-24,26-27H,7-8,13-15H2,(H,28,29). The van der Waals surface area contributed by atoms with E-state index < -0.39 is 0 Å². The molecule has 2 aromatic carbocycles. The van der Waals surface area contributed by atoms with E-state index in [1.807, 2.05) is 0 Å². The first kappa shape index (κ1) is 18.9. The molecule has 8 unspecified atom stereocenters. The fraction of sp³-hybridized carbons (Fsp3) is 0.500. The first-order valence-electron chi connectivity index (χ1n) is 11.6. The van der Waals surface area contributed by atoms with Crippen molar-refractivity contribution < 1.29 is 4.79 Å². The summed E-state index contributed by atoms with van der Waals surface area (Å²) < 4.78 is 0. The number of carbonyl (C=O) groups excluding carboxylic acids is 1. The summed E-state index contributed by atoms with van der Waals surface area (Å²) in [7, 11) is 0. The molecule has 3 aliphatic heterocycles. The SMILES string of the molecule is O=C1NC2C(SC3NC(c4ccccc4)CC(c4ccccc4)C32)C2CCCCC12. The van der Waals surface area contributed by atoms with Crippen LogP contribution in [0.3, 0.4) is 0 Å². The van der Waals surface area contributed by atoms with E-state index in [0.717, 1.165) is 12.8 Å². The molecule has 1 saturated carbocycles. The molecule has 1 amide bonds. The Morgan fingerprint density at radius 3 is 2.30 bits per heavy atom. The predicted octanol–water partition coefficient (Wildman–Crippen LogP) is 4.87. The molecule has 30 heavy (non-hydrogen) atoms. The third-order valence-corrected chi connectivity index (χ3v) is 9.76. The molecule has 0 aromatic heterocycles. The average molecular weight is 419 g/mol. The van der Waals surface area contributed by atoms with Crippen LogP contribution in [-0.4, -0.2) is 22.6 Å². The van der Waals surface area contributed by atoms with E-state index in [-0.39, 0.29) is 5.92 Å². The molecule has 4 heteroatoms. The van der Waals surface area contributed by atoms with Gasteiger partial charge in [-0.2, -0.15) is 0 Å². The van der Waals surface area contributed by atoms with Gasteiger partial charge in [-0.1, -0.05) is 73.5 Å². The molecule has 0 radical (unpaired) electrons. The first-order chi connectivity index (χ1) is 14.8. The molecular weight excluding hydrogens is 388 g/mol. The molecule has 2 aromatic rings. The van der Waals surface area contributed by atoms with Crippen LogP contribution in [0.4, 0.5) is 0 Å². The van der Waals surface area contributed by atoms with Crippen LogP contribution in [0.15, 0.2) is 60.7 Å². The Kier molecular flexibility index (Phi) is 4.88. The van der Waals surface area contributed by atoms with Crippen LogP contribution in [0.1, 0.15) is 55.2 Å². The van der Waals surface area contributed by atoms with E-state index in [9.17, 15) is 4.79 Å². The molecule has 0 bridgehead atoms. The number of nitrogens with one attached hydrogen (secondary N) is 2. The van der Waals surface area contributed by atoms with Crippen molar-refractivity contribution >= 4 is 17.7 Å². The summed E-state index contributed by atoms with van der Waals surface area (Å²) in [6, 6.07) is 22.6. The Hall–Kier alpha value is -1.78. The number of benzene rings is 2. The van der Waals surface area contributed by atoms with Crippen LogP contribution in [0, 0.1) is 17.8 Å². The van der Waals surface area contributed by atoms with Crippen molar-refractivity contribution in [2.24, 2.45) is 17.8 Å². The van der Waals surface area contributed by atoms with Crippen molar-refractivity contribution in [3.8, 4) is 0 Å². The highest BCUT2D eigenvalue weighted by atomic mass is 32.2. The lowest BCUT2D eigenvalue weighted by Gasteiger charge is -2.45. The number of amides is 1. The van der Waals surface area contributed by atoms with Gasteiger partial charge in [-0.15, -0.1) is 11.8 Å². The van der Waals surface area contributed by atoms with Gasteiger partial charge < -0.3 is 5.32 Å². The third kappa shape index (κ3) is 3.11. The Morgan fingerprint density at radius 1 is 0.833 bits per heavy atom. The Labute approximate surface area is 183 Å². The van der Waals surface area contributed by atoms with Gasteiger partial charge in [-0.3, -0.25) is 10.1 Å². The summed E-state index contributed by atoms with van der Waals surface area (Å²) in [6.07, 6.45) is 5.89. The van der Waals surface area contributed by atoms with Gasteiger partial charge in [-0.25, -0.2) is 0 Å². The largest absolute Gasteiger partial charge is 0.352 e. The second-order valence-electron chi connectivity index (χ2n) is 9.57. The van der Waals surface area contributed by atoms with E-state index in [1.165, 1.54) is 30.4 Å². The van der Waals surface area contributed by atoms with Crippen molar-refractivity contribution in [3.05, 3.63) is 71.8 Å². The van der Waals surface area contributed by atoms with E-state index >= 15 is 0 Å². The van der Waals surface area contributed by atoms with Gasteiger partial charge in [0.1, 0.15) is 0 Å². The molecule has 6 rings (SSSR count). The lowest BCUT2D eigenvalue weighted by Crippen LogP contribution is -2.59. The molecule has 1 aliphatic carbocycles. The van der Waals surface area contributed by atoms with Gasteiger partial charge in [0.15, 0.2) is 0 Å². The number of piperidine rings is 2. The molecule has 3 nitrogen and oxygen atoms in total. The molecule has 2 N–H and O–H groups in total. The highest BCUT2D eigenvalue weighted by Gasteiger charge is 2.57. The molecule has 8 atom stereocenters. The minimum Gasteiger partial charge on any atom is -0.352 e. The maximum Gasteiger partial charge on any atom is 0.223 e. The molecular formula is C26H30N2OS. The molecule has 4 fully saturated rings. The van der Waals surface area contributed by atoms with Gasteiger partial charge in [0.2, 0.25) is 5.91 Å². The fourth-order valence-corrected chi connectivity index (χ4v) is 8.78. The normalized spacial score (nSPS) is 40.1. The average Bonchev–Trinajstić information content (AvgIpc) is 3.18. The zero-order chi connectivity index (χ0) is 20.1. The number of carbonyl (C=O) groups is 1. The van der Waals surface area contributed by atoms with Crippen LogP contribution in [0.5, 0.6) is 0 Å². The van der Waals surface area contributed by atoms with E-state index in [1.54, 1.807) is 0 Å². The highest BCUT2D eigenvalue weighted by molar-refractivity contribution is 8.00. The fourth-order valence-electron chi connectivity index (χ4n) is 6.71. The molecule has 0 spiro atoms. The lowest BCUT2D eigenvalue weighted by atomic mass is 9.67.